The molecule has 8 rings (SSSR count). The Morgan fingerprint density at radius 2 is 0.700 bits per heavy atom. The lowest BCUT2D eigenvalue weighted by Gasteiger charge is -2.43. The van der Waals surface area contributed by atoms with E-state index in [0.29, 0.717) is 48.4 Å². The average molecular weight is 937 g/mol. The van der Waals surface area contributed by atoms with Gasteiger partial charge in [-0.15, -0.1) is 0 Å². The molecule has 0 bridgehead atoms. The van der Waals surface area contributed by atoms with Gasteiger partial charge in [-0.2, -0.15) is 0 Å². The van der Waals surface area contributed by atoms with E-state index >= 15 is 0 Å². The van der Waals surface area contributed by atoms with Gasteiger partial charge in [-0.05, 0) is 36.1 Å². The number of nitrogens with zero attached hydrogens (tertiary/aromatic N) is 4. The summed E-state index contributed by atoms with van der Waals surface area (Å²) in [5.74, 6) is -2.48. The van der Waals surface area contributed by atoms with Gasteiger partial charge in [0.15, 0.2) is 23.1 Å². The summed E-state index contributed by atoms with van der Waals surface area (Å²) in [4.78, 5) is 88.0. The Labute approximate surface area is 412 Å². The van der Waals surface area contributed by atoms with Crippen molar-refractivity contribution in [1.29, 1.82) is 0 Å². The lowest BCUT2D eigenvalue weighted by atomic mass is 9.67. The summed E-state index contributed by atoms with van der Waals surface area (Å²) < 4.78 is 0. The maximum atomic E-state index is 14.0. The smallest absolute Gasteiger partial charge is 0.236 e. The molecule has 0 radical (unpaired) electrons. The number of benzene rings is 6. The van der Waals surface area contributed by atoms with Crippen molar-refractivity contribution in [3.63, 3.8) is 0 Å². The van der Waals surface area contributed by atoms with Gasteiger partial charge >= 0.3 is 0 Å². The molecule has 6 aromatic carbocycles. The Kier molecular flexibility index (Phi) is 17.0. The van der Waals surface area contributed by atoms with Crippen LogP contribution in [0.1, 0.15) is 75.5 Å². The maximum Gasteiger partial charge on any atom is 0.236 e. The van der Waals surface area contributed by atoms with E-state index in [1.807, 2.05) is 168 Å². The molecule has 2 amide bonds. The number of carbonyl (C=O) groups is 6. The fourth-order valence-electron chi connectivity index (χ4n) is 10.2. The van der Waals surface area contributed by atoms with Crippen molar-refractivity contribution in [2.24, 2.45) is 23.7 Å². The molecule has 360 valence electrons. The molecule has 0 saturated carbocycles. The van der Waals surface area contributed by atoms with Gasteiger partial charge in [0.2, 0.25) is 11.8 Å². The number of ketones is 4. The van der Waals surface area contributed by atoms with Crippen LogP contribution in [0.4, 0.5) is 0 Å². The largest absolute Gasteiger partial charge is 0.348 e. The maximum absolute atomic E-state index is 14.0. The number of Topliss-reactive ketones (excluding diaryl/α,β-unsaturated/α-hetero) is 4. The Morgan fingerprint density at radius 3 is 1.01 bits per heavy atom. The molecule has 70 heavy (non-hydrogen) atoms. The van der Waals surface area contributed by atoms with E-state index in [4.69, 9.17) is 0 Å². The van der Waals surface area contributed by atoms with Crippen molar-refractivity contribution in [2.75, 3.05) is 67.5 Å². The van der Waals surface area contributed by atoms with Crippen molar-refractivity contribution in [2.45, 2.75) is 25.7 Å². The van der Waals surface area contributed by atoms with Crippen LogP contribution in [-0.4, -0.2) is 122 Å². The van der Waals surface area contributed by atoms with Crippen LogP contribution in [0.25, 0.3) is 0 Å². The normalized spacial score (nSPS) is 20.3. The highest BCUT2D eigenvalue weighted by atomic mass is 16.2. The van der Waals surface area contributed by atoms with Gasteiger partial charge in [0.1, 0.15) is 0 Å². The van der Waals surface area contributed by atoms with Gasteiger partial charge in [-0.3, -0.25) is 38.6 Å². The minimum atomic E-state index is -0.464. The van der Waals surface area contributed by atoms with Gasteiger partial charge in [-0.1, -0.05) is 170 Å². The number of likely N-dealkylation sites (N-methyl/N-ethyl adjacent to an activating group) is 2. The quantitative estimate of drug-likeness (QED) is 0.0996. The molecule has 2 aliphatic heterocycles. The van der Waals surface area contributed by atoms with E-state index < -0.39 is 23.7 Å². The number of likely N-dealkylation sites (tertiary alicyclic amines) is 2. The SMILES string of the molecule is CN(C)C(=O)CN1C[C@H](C(=O)c2ccccc2)C(c2ccccc2)[C@H](C(=O)c2ccccc2)C1.Cc1cccc(C2[C@@H](C(=O)c3ccccc3)CN(CC(=O)N(C)C)C[C@H]2C(=O)c2ccccc2)c1C. The van der Waals surface area contributed by atoms with Gasteiger partial charge in [0.25, 0.3) is 0 Å². The van der Waals surface area contributed by atoms with E-state index in [0.717, 1.165) is 22.3 Å². The molecule has 0 aromatic heterocycles. The molecule has 0 spiro atoms. The summed E-state index contributed by atoms with van der Waals surface area (Å²) in [6, 6.07) is 53.0. The molecule has 2 saturated heterocycles. The number of amides is 2. The van der Waals surface area contributed by atoms with Crippen LogP contribution in [0.15, 0.2) is 170 Å². The topological polar surface area (TPSA) is 115 Å². The highest BCUT2D eigenvalue weighted by molar-refractivity contribution is 6.03. The minimum Gasteiger partial charge on any atom is -0.348 e. The monoisotopic (exact) mass is 936 g/mol. The van der Waals surface area contributed by atoms with Crippen molar-refractivity contribution in [1.82, 2.24) is 19.6 Å². The summed E-state index contributed by atoms with van der Waals surface area (Å²) in [5.41, 5.74) is 6.77. The van der Waals surface area contributed by atoms with Gasteiger partial charge in [0.05, 0.1) is 13.1 Å². The lowest BCUT2D eigenvalue weighted by Crippen LogP contribution is -2.52. The van der Waals surface area contributed by atoms with Crippen LogP contribution >= 0.6 is 0 Å². The van der Waals surface area contributed by atoms with Crippen LogP contribution in [0.5, 0.6) is 0 Å². The van der Waals surface area contributed by atoms with E-state index in [1.54, 1.807) is 38.0 Å². The van der Waals surface area contributed by atoms with Crippen LogP contribution in [0, 0.1) is 37.5 Å². The summed E-state index contributed by atoms with van der Waals surface area (Å²) in [6.45, 7) is 6.16. The van der Waals surface area contributed by atoms with Gasteiger partial charge < -0.3 is 9.80 Å². The standard InChI is InChI=1S/C31H34N2O3.C29H30N2O3/c1-21-12-11-17-25(22(21)2)29-26(30(35)23-13-7-5-8-14-23)18-33(20-28(34)32(3)4)19-27(29)31(36)24-15-9-6-10-16-24;1-30(2)26(32)20-31-18-24(28(33)22-14-8-4-9-15-22)27(21-12-6-3-7-13-21)25(19-31)29(34)23-16-10-5-11-17-23/h5-17,26-27,29H,18-20H2,1-4H3;3-17,24-25,27H,18-20H2,1-2H3/t26-,27+,29?;24-,25+,27?. The molecule has 6 atom stereocenters. The molecular weight excluding hydrogens is 873 g/mol. The second kappa shape index (κ2) is 23.4. The molecule has 2 heterocycles. The zero-order chi connectivity index (χ0) is 49.9. The predicted molar refractivity (Wildman–Crippen MR) is 275 cm³/mol. The summed E-state index contributed by atoms with van der Waals surface area (Å²) >= 11 is 0. The van der Waals surface area contributed by atoms with E-state index in [9.17, 15) is 28.8 Å². The number of hydrogen-bond donors (Lipinski definition) is 0. The van der Waals surface area contributed by atoms with E-state index in [1.165, 1.54) is 0 Å². The second-order valence-corrected chi connectivity index (χ2v) is 19.1. The Hall–Kier alpha value is -7.14. The van der Waals surface area contributed by atoms with Crippen molar-refractivity contribution in [3.8, 4) is 0 Å². The third kappa shape index (κ3) is 12.0. The Balaban J connectivity index is 0.000000207. The van der Waals surface area contributed by atoms with Crippen LogP contribution in [0.2, 0.25) is 0 Å². The van der Waals surface area contributed by atoms with Crippen molar-refractivity contribution >= 4 is 34.9 Å². The van der Waals surface area contributed by atoms with Crippen molar-refractivity contribution in [3.05, 3.63) is 214 Å². The molecule has 2 aliphatic rings. The highest BCUT2D eigenvalue weighted by Crippen LogP contribution is 2.43. The molecule has 10 nitrogen and oxygen atoms in total. The highest BCUT2D eigenvalue weighted by Gasteiger charge is 2.47. The predicted octanol–water partition coefficient (Wildman–Crippen LogP) is 8.96. The van der Waals surface area contributed by atoms with Crippen LogP contribution in [-0.2, 0) is 9.59 Å². The van der Waals surface area contributed by atoms with Crippen LogP contribution in [0.3, 0.4) is 0 Å². The Bertz CT molecular complexity index is 2620. The first-order chi connectivity index (χ1) is 33.7. The summed E-state index contributed by atoms with van der Waals surface area (Å²) in [5, 5.41) is 0. The van der Waals surface area contributed by atoms with Crippen molar-refractivity contribution < 1.29 is 28.8 Å². The van der Waals surface area contributed by atoms with E-state index in [2.05, 4.69) is 26.0 Å². The molecular formula is C60H64N4O6. The number of hydrogen-bond acceptors (Lipinski definition) is 8. The first-order valence-electron chi connectivity index (χ1n) is 24.1. The average Bonchev–Trinajstić information content (AvgIpc) is 3.39. The number of rotatable bonds is 14. The fourth-order valence-corrected chi connectivity index (χ4v) is 10.2. The van der Waals surface area contributed by atoms with E-state index in [-0.39, 0.29) is 59.9 Å². The third-order valence-electron chi connectivity index (χ3n) is 14.0. The molecule has 2 unspecified atom stereocenters. The van der Waals surface area contributed by atoms with Crippen LogP contribution < -0.4 is 0 Å². The molecule has 0 aliphatic carbocycles. The first-order valence-corrected chi connectivity index (χ1v) is 24.1. The summed E-state index contributed by atoms with van der Waals surface area (Å²) in [6.07, 6.45) is 0. The molecule has 0 N–H and O–H groups in total. The third-order valence-corrected chi connectivity index (χ3v) is 14.0. The molecule has 10 heteroatoms. The minimum absolute atomic E-state index is 0.00215. The van der Waals surface area contributed by atoms with Gasteiger partial charge in [-0.25, -0.2) is 0 Å². The first kappa shape index (κ1) is 50.7. The molecule has 6 aromatic rings. The number of piperidine rings is 2. The second-order valence-electron chi connectivity index (χ2n) is 19.1. The number of aryl methyl sites for hydroxylation is 1. The zero-order valence-corrected chi connectivity index (χ0v) is 41.1. The molecule has 2 fully saturated rings. The van der Waals surface area contributed by atoms with Gasteiger partial charge in [0, 0.05) is 112 Å². The number of carbonyl (C=O) groups excluding carboxylic acids is 6. The lowest BCUT2D eigenvalue weighted by molar-refractivity contribution is -0.131. The Morgan fingerprint density at radius 1 is 0.400 bits per heavy atom. The summed E-state index contributed by atoms with van der Waals surface area (Å²) in [7, 11) is 6.89. The zero-order valence-electron chi connectivity index (χ0n) is 41.1. The fraction of sp³-hybridized carbons (Fsp3) is 0.300.